The van der Waals surface area contributed by atoms with Gasteiger partial charge in [0.1, 0.15) is 5.82 Å². The summed E-state index contributed by atoms with van der Waals surface area (Å²) in [5.41, 5.74) is 10.5. The van der Waals surface area contributed by atoms with Crippen LogP contribution in [0.5, 0.6) is 0 Å². The molecule has 1 fully saturated rings. The minimum Gasteiger partial charge on any atom is -0.401 e. The zero-order valence-corrected chi connectivity index (χ0v) is 21.5. The third kappa shape index (κ3) is 4.20. The topological polar surface area (TPSA) is 93.3 Å². The summed E-state index contributed by atoms with van der Waals surface area (Å²) in [7, 11) is 1.77. The first-order valence-electron chi connectivity index (χ1n) is 12.7. The molecule has 190 valence electrons. The number of hydrogen-bond acceptors (Lipinski definition) is 5. The van der Waals surface area contributed by atoms with E-state index in [1.165, 1.54) is 11.4 Å². The molecule has 0 aliphatic heterocycles. The van der Waals surface area contributed by atoms with Crippen molar-refractivity contribution in [3.63, 3.8) is 0 Å². The van der Waals surface area contributed by atoms with Gasteiger partial charge in [-0.3, -0.25) is 4.98 Å². The van der Waals surface area contributed by atoms with E-state index in [0.717, 1.165) is 57.7 Å². The molecule has 2 aliphatic carbocycles. The Morgan fingerprint density at radius 1 is 1.25 bits per heavy atom. The van der Waals surface area contributed by atoms with Gasteiger partial charge >= 0.3 is 0 Å². The van der Waals surface area contributed by atoms with E-state index in [0.29, 0.717) is 11.6 Å². The van der Waals surface area contributed by atoms with Gasteiger partial charge in [0.15, 0.2) is 0 Å². The third-order valence-corrected chi connectivity index (χ3v) is 7.85. The highest BCUT2D eigenvalue weighted by Gasteiger charge is 2.34. The summed E-state index contributed by atoms with van der Waals surface area (Å²) in [5, 5.41) is 14.5. The minimum atomic E-state index is -0.856. The zero-order valence-electron chi connectivity index (χ0n) is 21.5. The molecule has 0 radical (unpaired) electrons. The lowest BCUT2D eigenvalue weighted by atomic mass is 9.77. The minimum absolute atomic E-state index is 0.0230. The van der Waals surface area contributed by atoms with Crippen molar-refractivity contribution in [2.24, 2.45) is 23.4 Å². The SMILES string of the molecule is C/C(N)=C(\c1cnc2c3c(n(C(c4ccc(F)cc4)C4CCC4)c2c1)=CC(C(C)(C)O)CC=3)N(C)N. The van der Waals surface area contributed by atoms with Crippen LogP contribution >= 0.6 is 0 Å². The molecule has 7 heteroatoms. The molecular formula is C29H36FN5O. The summed E-state index contributed by atoms with van der Waals surface area (Å²) in [5.74, 6) is 6.31. The van der Waals surface area contributed by atoms with Gasteiger partial charge in [-0.15, -0.1) is 0 Å². The maximum Gasteiger partial charge on any atom is 0.123 e. The number of halogens is 1. The van der Waals surface area contributed by atoms with Crippen molar-refractivity contribution in [1.82, 2.24) is 14.6 Å². The lowest BCUT2D eigenvalue weighted by molar-refractivity contribution is 0.0448. The number of aromatic nitrogens is 2. The van der Waals surface area contributed by atoms with E-state index in [4.69, 9.17) is 16.6 Å². The number of aliphatic hydroxyl groups is 1. The van der Waals surface area contributed by atoms with Crippen molar-refractivity contribution >= 4 is 28.9 Å². The smallest absolute Gasteiger partial charge is 0.123 e. The highest BCUT2D eigenvalue weighted by molar-refractivity contribution is 5.83. The van der Waals surface area contributed by atoms with Crippen molar-refractivity contribution in [2.45, 2.75) is 58.1 Å². The summed E-state index contributed by atoms with van der Waals surface area (Å²) in [6.07, 6.45) is 10.4. The molecule has 6 nitrogen and oxygen atoms in total. The fourth-order valence-electron chi connectivity index (χ4n) is 5.78. The summed E-state index contributed by atoms with van der Waals surface area (Å²) in [6, 6.07) is 9.02. The van der Waals surface area contributed by atoms with Gasteiger partial charge in [-0.2, -0.15) is 0 Å². The highest BCUT2D eigenvalue weighted by atomic mass is 19.1. The van der Waals surface area contributed by atoms with E-state index >= 15 is 0 Å². The Labute approximate surface area is 211 Å². The van der Waals surface area contributed by atoms with E-state index in [-0.39, 0.29) is 17.8 Å². The van der Waals surface area contributed by atoms with Crippen LogP contribution in [-0.4, -0.2) is 32.3 Å². The molecule has 2 aromatic heterocycles. The number of allylic oxidation sites excluding steroid dienone is 1. The van der Waals surface area contributed by atoms with E-state index in [9.17, 15) is 9.50 Å². The molecule has 5 rings (SSSR count). The number of hydrogen-bond donors (Lipinski definition) is 3. The summed E-state index contributed by atoms with van der Waals surface area (Å²) in [4.78, 5) is 4.91. The van der Waals surface area contributed by atoms with E-state index in [2.05, 4.69) is 22.8 Å². The Balaban J connectivity index is 1.85. The van der Waals surface area contributed by atoms with Gasteiger partial charge in [-0.25, -0.2) is 10.2 Å². The zero-order chi connectivity index (χ0) is 25.8. The molecule has 0 saturated heterocycles. The Bertz CT molecular complexity index is 1440. The maximum atomic E-state index is 13.9. The number of benzene rings is 1. The van der Waals surface area contributed by atoms with E-state index in [1.807, 2.05) is 39.1 Å². The Morgan fingerprint density at radius 3 is 2.50 bits per heavy atom. The predicted octanol–water partition coefficient (Wildman–Crippen LogP) is 3.37. The standard InChI is InChI=1S/C29H36FN5O/c1-17(31)27(34(4)32)20-14-25-26(33-16-20)23-13-10-21(29(2,3)36)15-24(23)35(25)28(18-6-5-7-18)19-8-11-22(30)12-9-19/h8-9,11-16,18,21,28,36H,5-7,10,31-32H2,1-4H3/b27-17-. The van der Waals surface area contributed by atoms with Gasteiger partial charge in [-0.05, 0) is 69.7 Å². The van der Waals surface area contributed by atoms with Gasteiger partial charge < -0.3 is 20.4 Å². The van der Waals surface area contributed by atoms with Crippen LogP contribution in [0.15, 0.2) is 42.2 Å². The lowest BCUT2D eigenvalue weighted by Crippen LogP contribution is -2.41. The molecule has 5 N–H and O–H groups in total. The van der Waals surface area contributed by atoms with Crippen molar-refractivity contribution in [3.05, 3.63) is 69.7 Å². The second-order valence-corrected chi connectivity index (χ2v) is 11.0. The number of pyridine rings is 1. The van der Waals surface area contributed by atoms with Crippen molar-refractivity contribution in [1.29, 1.82) is 0 Å². The van der Waals surface area contributed by atoms with Gasteiger partial charge in [-0.1, -0.05) is 30.7 Å². The molecule has 36 heavy (non-hydrogen) atoms. The van der Waals surface area contributed by atoms with Gasteiger partial charge in [0.05, 0.1) is 28.4 Å². The summed E-state index contributed by atoms with van der Waals surface area (Å²) >= 11 is 0. The number of nitrogens with two attached hydrogens (primary N) is 2. The molecule has 2 atom stereocenters. The Morgan fingerprint density at radius 2 is 1.94 bits per heavy atom. The Kier molecular flexibility index (Phi) is 6.17. The van der Waals surface area contributed by atoms with Crippen LogP contribution in [0.1, 0.15) is 63.6 Å². The molecule has 0 bridgehead atoms. The highest BCUT2D eigenvalue weighted by Crippen LogP contribution is 2.41. The number of nitrogens with zero attached hydrogens (tertiary/aromatic N) is 3. The number of rotatable bonds is 6. The van der Waals surface area contributed by atoms with Gasteiger partial charge in [0.25, 0.3) is 0 Å². The molecular weight excluding hydrogens is 453 g/mol. The van der Waals surface area contributed by atoms with Crippen molar-refractivity contribution in [2.75, 3.05) is 7.05 Å². The molecule has 3 aromatic rings. The second kappa shape index (κ2) is 9.05. The van der Waals surface area contributed by atoms with Crippen LogP contribution in [0.3, 0.4) is 0 Å². The average molecular weight is 490 g/mol. The molecule has 1 saturated carbocycles. The summed E-state index contributed by atoms with van der Waals surface area (Å²) in [6.45, 7) is 5.55. The first-order valence-corrected chi connectivity index (χ1v) is 12.7. The first-order chi connectivity index (χ1) is 17.1. The van der Waals surface area contributed by atoms with Gasteiger partial charge in [0, 0.05) is 41.0 Å². The van der Waals surface area contributed by atoms with Crippen molar-refractivity contribution in [3.8, 4) is 0 Å². The van der Waals surface area contributed by atoms with Crippen molar-refractivity contribution < 1.29 is 9.50 Å². The Hall–Kier alpha value is -3.16. The van der Waals surface area contributed by atoms with Crippen LogP contribution in [-0.2, 0) is 0 Å². The van der Waals surface area contributed by atoms with E-state index in [1.54, 1.807) is 19.2 Å². The lowest BCUT2D eigenvalue weighted by Gasteiger charge is -2.36. The van der Waals surface area contributed by atoms with Crippen LogP contribution in [0.4, 0.5) is 4.39 Å². The molecule has 0 amide bonds. The van der Waals surface area contributed by atoms with Crippen LogP contribution in [0, 0.1) is 17.7 Å². The first kappa shape index (κ1) is 24.5. The predicted molar refractivity (Wildman–Crippen MR) is 143 cm³/mol. The van der Waals surface area contributed by atoms with Crippen LogP contribution in [0.2, 0.25) is 0 Å². The fourth-order valence-corrected chi connectivity index (χ4v) is 5.78. The largest absolute Gasteiger partial charge is 0.401 e. The van der Waals surface area contributed by atoms with Crippen LogP contribution < -0.4 is 22.1 Å². The number of fused-ring (bicyclic) bond motifs is 3. The van der Waals surface area contributed by atoms with E-state index < -0.39 is 5.60 Å². The molecule has 0 spiro atoms. The number of hydrazine groups is 1. The normalized spacial score (nSPS) is 19.6. The third-order valence-electron chi connectivity index (χ3n) is 7.85. The molecule has 2 unspecified atom stereocenters. The average Bonchev–Trinajstić information content (AvgIpc) is 3.08. The second-order valence-electron chi connectivity index (χ2n) is 11.0. The fraction of sp³-hybridized carbons (Fsp3) is 0.414. The van der Waals surface area contributed by atoms with Crippen LogP contribution in [0.25, 0.3) is 28.9 Å². The monoisotopic (exact) mass is 489 g/mol. The quantitative estimate of drug-likeness (QED) is 0.365. The molecule has 1 aromatic carbocycles. The molecule has 2 heterocycles. The maximum absolute atomic E-state index is 13.9. The summed E-state index contributed by atoms with van der Waals surface area (Å²) < 4.78 is 16.3. The van der Waals surface area contributed by atoms with Gasteiger partial charge in [0.2, 0.25) is 0 Å². The molecule has 2 aliphatic rings.